The Morgan fingerprint density at radius 1 is 1.50 bits per heavy atom. The third-order valence-corrected chi connectivity index (χ3v) is 3.58. The molecule has 7 heteroatoms. The highest BCUT2D eigenvalue weighted by atomic mass is 35.5. The van der Waals surface area contributed by atoms with Crippen LogP contribution in [-0.2, 0) is 9.53 Å². The molecule has 0 saturated carbocycles. The number of ether oxygens (including phenoxy) is 1. The number of amides is 1. The van der Waals surface area contributed by atoms with Gasteiger partial charge in [-0.05, 0) is 12.1 Å². The van der Waals surface area contributed by atoms with Gasteiger partial charge in [0, 0.05) is 13.0 Å². The van der Waals surface area contributed by atoms with E-state index < -0.39 is 29.8 Å². The average molecular weight is 302 g/mol. The molecule has 1 aliphatic heterocycles. The van der Waals surface area contributed by atoms with Gasteiger partial charge >= 0.3 is 5.97 Å². The third kappa shape index (κ3) is 2.62. The fourth-order valence-corrected chi connectivity index (χ4v) is 2.43. The van der Waals surface area contributed by atoms with Crippen molar-refractivity contribution < 1.29 is 23.8 Å². The number of esters is 1. The van der Waals surface area contributed by atoms with Crippen LogP contribution in [0.4, 0.5) is 4.39 Å². The highest BCUT2D eigenvalue weighted by molar-refractivity contribution is 6.34. The van der Waals surface area contributed by atoms with Crippen molar-refractivity contribution in [2.75, 3.05) is 13.7 Å². The summed E-state index contributed by atoms with van der Waals surface area (Å²) in [5.74, 6) is -1.95. The standard InChI is InChI=1S/C13H13ClFNO4/c1-20-13(19)10-5-7(17)6-16(10)12(18)8-3-2-4-9(15)11(8)14/h2-4,7,10,17H,5-6H2,1H3. The van der Waals surface area contributed by atoms with Gasteiger partial charge in [-0.25, -0.2) is 9.18 Å². The minimum atomic E-state index is -0.887. The molecule has 1 saturated heterocycles. The monoisotopic (exact) mass is 301 g/mol. The minimum absolute atomic E-state index is 0.0224. The number of benzene rings is 1. The maximum Gasteiger partial charge on any atom is 0.328 e. The minimum Gasteiger partial charge on any atom is -0.467 e. The quantitative estimate of drug-likeness (QED) is 0.834. The number of hydrogen-bond acceptors (Lipinski definition) is 4. The summed E-state index contributed by atoms with van der Waals surface area (Å²) in [5, 5.41) is 9.32. The molecule has 0 aromatic heterocycles. The summed E-state index contributed by atoms with van der Waals surface area (Å²) in [7, 11) is 1.20. The highest BCUT2D eigenvalue weighted by Crippen LogP contribution is 2.26. The number of aliphatic hydroxyl groups excluding tert-OH is 1. The van der Waals surface area contributed by atoms with Crippen molar-refractivity contribution in [2.45, 2.75) is 18.6 Å². The Hall–Kier alpha value is -1.66. The van der Waals surface area contributed by atoms with Gasteiger partial charge in [0.05, 0.1) is 23.8 Å². The first-order valence-corrected chi connectivity index (χ1v) is 6.34. The Morgan fingerprint density at radius 2 is 2.20 bits per heavy atom. The van der Waals surface area contributed by atoms with Gasteiger partial charge in [0.15, 0.2) is 0 Å². The molecule has 0 spiro atoms. The molecule has 1 N–H and O–H groups in total. The van der Waals surface area contributed by atoms with E-state index >= 15 is 0 Å². The van der Waals surface area contributed by atoms with Crippen molar-refractivity contribution in [1.82, 2.24) is 4.90 Å². The van der Waals surface area contributed by atoms with Crippen molar-refractivity contribution in [2.24, 2.45) is 0 Å². The van der Waals surface area contributed by atoms with Crippen LogP contribution in [0.1, 0.15) is 16.8 Å². The zero-order valence-electron chi connectivity index (χ0n) is 10.7. The Morgan fingerprint density at radius 3 is 2.85 bits per heavy atom. The number of carbonyl (C=O) groups is 2. The van der Waals surface area contributed by atoms with Crippen LogP contribution in [0.5, 0.6) is 0 Å². The second kappa shape index (κ2) is 5.76. The summed E-state index contributed by atoms with van der Waals surface area (Å²) < 4.78 is 18.0. The van der Waals surface area contributed by atoms with Gasteiger partial charge in [-0.3, -0.25) is 4.79 Å². The number of methoxy groups -OCH3 is 1. The lowest BCUT2D eigenvalue weighted by Crippen LogP contribution is -2.41. The van der Waals surface area contributed by atoms with E-state index in [4.69, 9.17) is 11.6 Å². The predicted octanol–water partition coefficient (Wildman–Crippen LogP) is 1.23. The molecule has 0 bridgehead atoms. The van der Waals surface area contributed by atoms with Crippen LogP contribution in [0.3, 0.4) is 0 Å². The van der Waals surface area contributed by atoms with E-state index in [-0.39, 0.29) is 23.6 Å². The summed E-state index contributed by atoms with van der Waals surface area (Å²) in [6.45, 7) is -0.0224. The van der Waals surface area contributed by atoms with E-state index in [0.29, 0.717) is 0 Å². The Kier molecular flexibility index (Phi) is 4.25. The fourth-order valence-electron chi connectivity index (χ4n) is 2.22. The van der Waals surface area contributed by atoms with Gasteiger partial charge in [0.25, 0.3) is 5.91 Å². The molecule has 0 radical (unpaired) electrons. The Bertz CT molecular complexity index is 551. The van der Waals surface area contributed by atoms with E-state index in [9.17, 15) is 19.1 Å². The first-order valence-electron chi connectivity index (χ1n) is 5.96. The second-order valence-corrected chi connectivity index (χ2v) is 4.87. The molecule has 1 aliphatic rings. The molecule has 2 rings (SSSR count). The number of carbonyl (C=O) groups excluding carboxylic acids is 2. The molecular formula is C13H13ClFNO4. The lowest BCUT2D eigenvalue weighted by Gasteiger charge is -2.22. The first-order chi connectivity index (χ1) is 9.45. The molecule has 108 valence electrons. The molecule has 2 unspecified atom stereocenters. The summed E-state index contributed by atoms with van der Waals surface area (Å²) in [6.07, 6.45) is -0.735. The van der Waals surface area contributed by atoms with Crippen LogP contribution in [0.2, 0.25) is 5.02 Å². The van der Waals surface area contributed by atoms with Crippen LogP contribution in [-0.4, -0.2) is 47.7 Å². The molecular weight excluding hydrogens is 289 g/mol. The number of aliphatic hydroxyl groups is 1. The maximum absolute atomic E-state index is 13.4. The van der Waals surface area contributed by atoms with Crippen LogP contribution in [0.25, 0.3) is 0 Å². The molecule has 20 heavy (non-hydrogen) atoms. The molecule has 1 aromatic rings. The number of halogens is 2. The summed E-state index contributed by atoms with van der Waals surface area (Å²) in [4.78, 5) is 25.1. The highest BCUT2D eigenvalue weighted by Gasteiger charge is 2.40. The van der Waals surface area contributed by atoms with Gasteiger partial charge in [-0.1, -0.05) is 17.7 Å². The molecule has 0 aliphatic carbocycles. The molecule has 1 fully saturated rings. The topological polar surface area (TPSA) is 66.8 Å². The van der Waals surface area contributed by atoms with E-state index in [1.807, 2.05) is 0 Å². The van der Waals surface area contributed by atoms with Crippen LogP contribution in [0, 0.1) is 5.82 Å². The molecule has 1 heterocycles. The summed E-state index contributed by atoms with van der Waals surface area (Å²) >= 11 is 5.76. The molecule has 1 amide bonds. The zero-order chi connectivity index (χ0) is 14.9. The molecule has 5 nitrogen and oxygen atoms in total. The van der Waals surface area contributed by atoms with Gasteiger partial charge in [-0.2, -0.15) is 0 Å². The average Bonchev–Trinajstić information content (AvgIpc) is 2.82. The Balaban J connectivity index is 2.31. The number of β-amino-alcohol motifs (C(OH)–C–C–N with tert-alkyl or cyclic N) is 1. The van der Waals surface area contributed by atoms with E-state index in [1.54, 1.807) is 0 Å². The zero-order valence-corrected chi connectivity index (χ0v) is 11.4. The van der Waals surface area contributed by atoms with Crippen LogP contribution in [0.15, 0.2) is 18.2 Å². The fraction of sp³-hybridized carbons (Fsp3) is 0.385. The van der Waals surface area contributed by atoms with Crippen molar-refractivity contribution in [3.63, 3.8) is 0 Å². The number of hydrogen-bond donors (Lipinski definition) is 1. The van der Waals surface area contributed by atoms with Crippen molar-refractivity contribution in [3.05, 3.63) is 34.6 Å². The second-order valence-electron chi connectivity index (χ2n) is 4.49. The van der Waals surface area contributed by atoms with Gasteiger partial charge in [0.1, 0.15) is 11.9 Å². The van der Waals surface area contributed by atoms with Crippen LogP contribution >= 0.6 is 11.6 Å². The smallest absolute Gasteiger partial charge is 0.328 e. The maximum atomic E-state index is 13.4. The van der Waals surface area contributed by atoms with Crippen molar-refractivity contribution in [1.29, 1.82) is 0 Å². The number of nitrogens with zero attached hydrogens (tertiary/aromatic N) is 1. The SMILES string of the molecule is COC(=O)C1CC(O)CN1C(=O)c1cccc(F)c1Cl. The summed E-state index contributed by atoms with van der Waals surface area (Å²) in [5.41, 5.74) is -0.0466. The van der Waals surface area contributed by atoms with E-state index in [0.717, 1.165) is 11.0 Å². The van der Waals surface area contributed by atoms with Gasteiger partial charge < -0.3 is 14.7 Å². The molecule has 2 atom stereocenters. The van der Waals surface area contributed by atoms with Gasteiger partial charge in [-0.15, -0.1) is 0 Å². The van der Waals surface area contributed by atoms with E-state index in [1.165, 1.54) is 19.2 Å². The van der Waals surface area contributed by atoms with E-state index in [2.05, 4.69) is 4.74 Å². The van der Waals surface area contributed by atoms with Crippen molar-refractivity contribution >= 4 is 23.5 Å². The first kappa shape index (κ1) is 14.7. The molecule has 1 aromatic carbocycles. The summed E-state index contributed by atoms with van der Waals surface area (Å²) in [6, 6.07) is 2.97. The van der Waals surface area contributed by atoms with Crippen molar-refractivity contribution in [3.8, 4) is 0 Å². The largest absolute Gasteiger partial charge is 0.467 e. The lowest BCUT2D eigenvalue weighted by molar-refractivity contribution is -0.145. The Labute approximate surface area is 119 Å². The normalized spacial score (nSPS) is 21.9. The predicted molar refractivity (Wildman–Crippen MR) is 68.9 cm³/mol. The number of rotatable bonds is 2. The number of likely N-dealkylation sites (tertiary alicyclic amines) is 1. The van der Waals surface area contributed by atoms with Crippen LogP contribution < -0.4 is 0 Å². The van der Waals surface area contributed by atoms with Gasteiger partial charge in [0.2, 0.25) is 0 Å². The third-order valence-electron chi connectivity index (χ3n) is 3.20. The lowest BCUT2D eigenvalue weighted by atomic mass is 10.1.